The summed E-state index contributed by atoms with van der Waals surface area (Å²) in [6, 6.07) is 10.9. The molecule has 6 heteroatoms. The lowest BCUT2D eigenvalue weighted by atomic mass is 10.2. The van der Waals surface area contributed by atoms with Crippen LogP contribution in [-0.4, -0.2) is 20.3 Å². The lowest BCUT2D eigenvalue weighted by Crippen LogP contribution is -2.28. The molecule has 122 valence electrons. The number of methoxy groups -OCH3 is 2. The molecular formula is C17H19BrN2O3. The Morgan fingerprint density at radius 2 is 1.83 bits per heavy atom. The first-order valence-electron chi connectivity index (χ1n) is 7.05. The third kappa shape index (κ3) is 4.63. The molecule has 23 heavy (non-hydrogen) atoms. The van der Waals surface area contributed by atoms with Gasteiger partial charge in [0.2, 0.25) is 0 Å². The van der Waals surface area contributed by atoms with E-state index < -0.39 is 0 Å². The number of hydrogen-bond acceptors (Lipinski definition) is 3. The lowest BCUT2D eigenvalue weighted by molar-refractivity contribution is 0.251. The summed E-state index contributed by atoms with van der Waals surface area (Å²) in [6.07, 6.45) is 0. The molecule has 0 heterocycles. The van der Waals surface area contributed by atoms with Gasteiger partial charge in [-0.15, -0.1) is 0 Å². The largest absolute Gasteiger partial charge is 0.493 e. The van der Waals surface area contributed by atoms with E-state index in [-0.39, 0.29) is 6.03 Å². The number of rotatable bonds is 5. The minimum absolute atomic E-state index is 0.262. The summed E-state index contributed by atoms with van der Waals surface area (Å²) in [5.74, 6) is 1.29. The first kappa shape index (κ1) is 17.1. The fraction of sp³-hybridized carbons (Fsp3) is 0.235. The molecule has 0 saturated heterocycles. The van der Waals surface area contributed by atoms with Crippen molar-refractivity contribution in [3.63, 3.8) is 0 Å². The van der Waals surface area contributed by atoms with E-state index in [0.29, 0.717) is 18.0 Å². The summed E-state index contributed by atoms with van der Waals surface area (Å²) >= 11 is 3.43. The summed E-state index contributed by atoms with van der Waals surface area (Å²) in [5.41, 5.74) is 2.72. The second-order valence-corrected chi connectivity index (χ2v) is 5.82. The molecule has 0 fully saturated rings. The minimum Gasteiger partial charge on any atom is -0.493 e. The van der Waals surface area contributed by atoms with Crippen molar-refractivity contribution in [1.82, 2.24) is 5.32 Å². The summed E-state index contributed by atoms with van der Waals surface area (Å²) in [6.45, 7) is 2.36. The van der Waals surface area contributed by atoms with Crippen LogP contribution in [0.1, 0.15) is 11.1 Å². The van der Waals surface area contributed by atoms with Crippen LogP contribution in [0.25, 0.3) is 0 Å². The smallest absolute Gasteiger partial charge is 0.319 e. The van der Waals surface area contributed by atoms with E-state index in [1.165, 1.54) is 0 Å². The van der Waals surface area contributed by atoms with E-state index in [4.69, 9.17) is 9.47 Å². The topological polar surface area (TPSA) is 59.6 Å². The predicted molar refractivity (Wildman–Crippen MR) is 94.3 cm³/mol. The zero-order chi connectivity index (χ0) is 16.8. The van der Waals surface area contributed by atoms with Crippen LogP contribution in [0.15, 0.2) is 40.9 Å². The molecule has 0 saturated carbocycles. The molecule has 0 spiro atoms. The number of nitrogens with one attached hydrogen (secondary N) is 2. The standard InChI is InChI=1S/C17H19BrN2O3/c1-11-8-13(5-6-14(11)18)20-17(21)19-10-12-4-7-15(22-2)16(9-12)23-3/h4-9H,10H2,1-3H3,(H2,19,20,21). The molecule has 2 amide bonds. The third-order valence-electron chi connectivity index (χ3n) is 3.32. The van der Waals surface area contributed by atoms with Gasteiger partial charge in [-0.25, -0.2) is 4.79 Å². The number of amides is 2. The number of urea groups is 1. The van der Waals surface area contributed by atoms with Crippen LogP contribution in [0.2, 0.25) is 0 Å². The maximum Gasteiger partial charge on any atom is 0.319 e. The van der Waals surface area contributed by atoms with Crippen molar-refractivity contribution in [2.75, 3.05) is 19.5 Å². The van der Waals surface area contributed by atoms with Gasteiger partial charge in [-0.3, -0.25) is 0 Å². The van der Waals surface area contributed by atoms with Crippen molar-refractivity contribution < 1.29 is 14.3 Å². The Labute approximate surface area is 144 Å². The number of hydrogen-bond donors (Lipinski definition) is 2. The Kier molecular flexibility index (Phi) is 5.87. The molecule has 0 aromatic heterocycles. The van der Waals surface area contributed by atoms with Gasteiger partial charge in [0, 0.05) is 16.7 Å². The highest BCUT2D eigenvalue weighted by atomic mass is 79.9. The Hall–Kier alpha value is -2.21. The van der Waals surface area contributed by atoms with Gasteiger partial charge in [-0.05, 0) is 48.4 Å². The van der Waals surface area contributed by atoms with Gasteiger partial charge in [-0.2, -0.15) is 0 Å². The van der Waals surface area contributed by atoms with Crippen molar-refractivity contribution >= 4 is 27.6 Å². The van der Waals surface area contributed by atoms with Crippen LogP contribution in [0.4, 0.5) is 10.5 Å². The molecule has 2 rings (SSSR count). The Bertz CT molecular complexity index is 704. The molecular weight excluding hydrogens is 360 g/mol. The number of carbonyl (C=O) groups is 1. The Morgan fingerprint density at radius 3 is 2.48 bits per heavy atom. The van der Waals surface area contributed by atoms with Crippen molar-refractivity contribution in [3.05, 3.63) is 52.0 Å². The molecule has 0 bridgehead atoms. The zero-order valence-electron chi connectivity index (χ0n) is 13.3. The molecule has 0 atom stereocenters. The second kappa shape index (κ2) is 7.87. The first-order valence-corrected chi connectivity index (χ1v) is 7.84. The summed E-state index contributed by atoms with van der Waals surface area (Å²) in [7, 11) is 3.17. The highest BCUT2D eigenvalue weighted by Crippen LogP contribution is 2.27. The van der Waals surface area contributed by atoms with Crippen LogP contribution < -0.4 is 20.1 Å². The highest BCUT2D eigenvalue weighted by molar-refractivity contribution is 9.10. The number of ether oxygens (including phenoxy) is 2. The maximum atomic E-state index is 12.0. The van der Waals surface area contributed by atoms with Crippen molar-refractivity contribution in [3.8, 4) is 11.5 Å². The summed E-state index contributed by atoms with van der Waals surface area (Å²) in [4.78, 5) is 12.0. The number of aryl methyl sites for hydroxylation is 1. The van der Waals surface area contributed by atoms with E-state index in [2.05, 4.69) is 26.6 Å². The number of anilines is 1. The summed E-state index contributed by atoms with van der Waals surface area (Å²) < 4.78 is 11.4. The van der Waals surface area contributed by atoms with Crippen LogP contribution >= 0.6 is 15.9 Å². The molecule has 5 nitrogen and oxygen atoms in total. The first-order chi connectivity index (χ1) is 11.0. The van der Waals surface area contributed by atoms with Crippen LogP contribution in [0.3, 0.4) is 0 Å². The van der Waals surface area contributed by atoms with E-state index in [1.54, 1.807) is 14.2 Å². The molecule has 0 aliphatic carbocycles. The molecule has 2 aromatic rings. The van der Waals surface area contributed by atoms with Gasteiger partial charge in [-0.1, -0.05) is 22.0 Å². The predicted octanol–water partition coefficient (Wildman–Crippen LogP) is 4.10. The van der Waals surface area contributed by atoms with Crippen LogP contribution in [0, 0.1) is 6.92 Å². The lowest BCUT2D eigenvalue weighted by Gasteiger charge is -2.11. The zero-order valence-corrected chi connectivity index (χ0v) is 14.9. The average Bonchev–Trinajstić information content (AvgIpc) is 2.56. The number of benzene rings is 2. The van der Waals surface area contributed by atoms with E-state index in [0.717, 1.165) is 21.3 Å². The van der Waals surface area contributed by atoms with Gasteiger partial charge in [0.1, 0.15) is 0 Å². The quantitative estimate of drug-likeness (QED) is 0.823. The fourth-order valence-corrected chi connectivity index (χ4v) is 2.32. The minimum atomic E-state index is -0.262. The Morgan fingerprint density at radius 1 is 1.09 bits per heavy atom. The average molecular weight is 379 g/mol. The van der Waals surface area contributed by atoms with E-state index in [1.807, 2.05) is 43.3 Å². The second-order valence-electron chi connectivity index (χ2n) is 4.96. The SMILES string of the molecule is COc1ccc(CNC(=O)Nc2ccc(Br)c(C)c2)cc1OC. The van der Waals surface area contributed by atoms with Crippen LogP contribution in [-0.2, 0) is 6.54 Å². The van der Waals surface area contributed by atoms with Crippen molar-refractivity contribution in [1.29, 1.82) is 0 Å². The van der Waals surface area contributed by atoms with Crippen molar-refractivity contribution in [2.24, 2.45) is 0 Å². The highest BCUT2D eigenvalue weighted by Gasteiger charge is 2.07. The maximum absolute atomic E-state index is 12.0. The third-order valence-corrected chi connectivity index (χ3v) is 4.21. The molecule has 0 unspecified atom stereocenters. The molecule has 0 radical (unpaired) electrons. The van der Waals surface area contributed by atoms with Gasteiger partial charge in [0.15, 0.2) is 11.5 Å². The molecule has 2 N–H and O–H groups in total. The monoisotopic (exact) mass is 378 g/mol. The molecule has 2 aromatic carbocycles. The molecule has 0 aliphatic heterocycles. The van der Waals surface area contributed by atoms with Crippen LogP contribution in [0.5, 0.6) is 11.5 Å². The number of carbonyl (C=O) groups excluding carboxylic acids is 1. The van der Waals surface area contributed by atoms with Gasteiger partial charge >= 0.3 is 6.03 Å². The normalized spacial score (nSPS) is 10.1. The fourth-order valence-electron chi connectivity index (χ4n) is 2.07. The van der Waals surface area contributed by atoms with Crippen molar-refractivity contribution in [2.45, 2.75) is 13.5 Å². The molecule has 0 aliphatic rings. The van der Waals surface area contributed by atoms with E-state index >= 15 is 0 Å². The van der Waals surface area contributed by atoms with Gasteiger partial charge in [0.25, 0.3) is 0 Å². The van der Waals surface area contributed by atoms with E-state index in [9.17, 15) is 4.79 Å². The summed E-state index contributed by atoms with van der Waals surface area (Å²) in [5, 5.41) is 5.62. The number of halogens is 1. The van der Waals surface area contributed by atoms with Gasteiger partial charge in [0.05, 0.1) is 14.2 Å². The Balaban J connectivity index is 1.95. The van der Waals surface area contributed by atoms with Gasteiger partial charge < -0.3 is 20.1 Å².